The van der Waals surface area contributed by atoms with Crippen LogP contribution < -0.4 is 10.2 Å². The number of fused-ring (bicyclic) bond motifs is 1. The van der Waals surface area contributed by atoms with Gasteiger partial charge in [0, 0.05) is 25.7 Å². The maximum absolute atomic E-state index is 8.95. The SMILES string of the molecule is CCC1C2CNCC2CN1c1cccc(C#N)n1. The zero-order valence-corrected chi connectivity index (χ0v) is 10.6. The first-order chi connectivity index (χ1) is 8.83. The average Bonchev–Trinajstić information content (AvgIpc) is 2.98. The number of nitrogens with one attached hydrogen (secondary N) is 1. The first-order valence-corrected chi connectivity index (χ1v) is 6.68. The summed E-state index contributed by atoms with van der Waals surface area (Å²) >= 11 is 0. The number of hydrogen-bond acceptors (Lipinski definition) is 4. The lowest BCUT2D eigenvalue weighted by atomic mass is 9.93. The van der Waals surface area contributed by atoms with E-state index in [-0.39, 0.29) is 0 Å². The molecule has 4 nitrogen and oxygen atoms in total. The highest BCUT2D eigenvalue weighted by Crippen LogP contribution is 2.36. The van der Waals surface area contributed by atoms with E-state index in [2.05, 4.69) is 28.2 Å². The van der Waals surface area contributed by atoms with Gasteiger partial charge >= 0.3 is 0 Å². The van der Waals surface area contributed by atoms with Gasteiger partial charge in [0.1, 0.15) is 17.6 Å². The first-order valence-electron chi connectivity index (χ1n) is 6.68. The van der Waals surface area contributed by atoms with Gasteiger partial charge in [0.2, 0.25) is 0 Å². The van der Waals surface area contributed by atoms with E-state index in [0.717, 1.165) is 43.7 Å². The minimum Gasteiger partial charge on any atom is -0.353 e. The molecule has 94 valence electrons. The molecule has 4 heteroatoms. The molecular weight excluding hydrogens is 224 g/mol. The van der Waals surface area contributed by atoms with Gasteiger partial charge in [-0.25, -0.2) is 4.98 Å². The van der Waals surface area contributed by atoms with Crippen molar-refractivity contribution >= 4 is 5.82 Å². The second-order valence-electron chi connectivity index (χ2n) is 5.20. The predicted molar refractivity (Wildman–Crippen MR) is 70.2 cm³/mol. The minimum atomic E-state index is 0.512. The fourth-order valence-corrected chi connectivity index (χ4v) is 3.45. The Balaban J connectivity index is 1.89. The van der Waals surface area contributed by atoms with Crippen LogP contribution in [0.3, 0.4) is 0 Å². The van der Waals surface area contributed by atoms with Crippen molar-refractivity contribution in [2.24, 2.45) is 11.8 Å². The van der Waals surface area contributed by atoms with Crippen LogP contribution in [-0.2, 0) is 0 Å². The summed E-state index contributed by atoms with van der Waals surface area (Å²) in [6.07, 6.45) is 1.14. The lowest BCUT2D eigenvalue weighted by Gasteiger charge is -2.27. The van der Waals surface area contributed by atoms with Gasteiger partial charge in [0.05, 0.1) is 0 Å². The lowest BCUT2D eigenvalue weighted by Crippen LogP contribution is -2.35. The van der Waals surface area contributed by atoms with Crippen LogP contribution in [-0.4, -0.2) is 30.7 Å². The van der Waals surface area contributed by atoms with Crippen LogP contribution in [0.2, 0.25) is 0 Å². The summed E-state index contributed by atoms with van der Waals surface area (Å²) in [4.78, 5) is 6.84. The number of nitrogens with zero attached hydrogens (tertiary/aromatic N) is 3. The Bertz CT molecular complexity index is 479. The largest absolute Gasteiger partial charge is 0.353 e. The van der Waals surface area contributed by atoms with E-state index in [4.69, 9.17) is 5.26 Å². The fraction of sp³-hybridized carbons (Fsp3) is 0.571. The van der Waals surface area contributed by atoms with E-state index in [0.29, 0.717) is 11.7 Å². The van der Waals surface area contributed by atoms with Crippen molar-refractivity contribution in [1.82, 2.24) is 10.3 Å². The molecule has 0 radical (unpaired) electrons. The highest BCUT2D eigenvalue weighted by atomic mass is 15.3. The Labute approximate surface area is 108 Å². The highest BCUT2D eigenvalue weighted by molar-refractivity contribution is 5.45. The van der Waals surface area contributed by atoms with Gasteiger partial charge in [-0.05, 0) is 30.4 Å². The molecule has 3 rings (SSSR count). The van der Waals surface area contributed by atoms with Crippen molar-refractivity contribution < 1.29 is 0 Å². The minimum absolute atomic E-state index is 0.512. The van der Waals surface area contributed by atoms with E-state index in [1.807, 2.05) is 12.1 Å². The van der Waals surface area contributed by atoms with E-state index in [1.54, 1.807) is 6.07 Å². The van der Waals surface area contributed by atoms with Crippen molar-refractivity contribution in [3.63, 3.8) is 0 Å². The quantitative estimate of drug-likeness (QED) is 0.851. The van der Waals surface area contributed by atoms with Crippen molar-refractivity contribution in [2.75, 3.05) is 24.5 Å². The van der Waals surface area contributed by atoms with Gasteiger partial charge in [-0.2, -0.15) is 5.26 Å². The third-order valence-electron chi connectivity index (χ3n) is 4.28. The third-order valence-corrected chi connectivity index (χ3v) is 4.28. The molecule has 2 fully saturated rings. The van der Waals surface area contributed by atoms with Crippen LogP contribution in [0.1, 0.15) is 19.0 Å². The Hall–Kier alpha value is -1.60. The summed E-state index contributed by atoms with van der Waals surface area (Å²) in [6, 6.07) is 8.41. The molecule has 0 aliphatic carbocycles. The van der Waals surface area contributed by atoms with Crippen LogP contribution in [0.15, 0.2) is 18.2 Å². The molecule has 0 spiro atoms. The molecule has 0 amide bonds. The molecule has 3 heterocycles. The Morgan fingerprint density at radius 3 is 3.17 bits per heavy atom. The molecule has 0 bridgehead atoms. The number of nitriles is 1. The van der Waals surface area contributed by atoms with Gasteiger partial charge in [-0.15, -0.1) is 0 Å². The summed E-state index contributed by atoms with van der Waals surface area (Å²) in [6.45, 7) is 5.55. The van der Waals surface area contributed by atoms with Gasteiger partial charge < -0.3 is 10.2 Å². The Morgan fingerprint density at radius 1 is 1.50 bits per heavy atom. The van der Waals surface area contributed by atoms with Gasteiger partial charge in [-0.3, -0.25) is 0 Å². The van der Waals surface area contributed by atoms with E-state index in [9.17, 15) is 0 Å². The zero-order valence-electron chi connectivity index (χ0n) is 10.6. The predicted octanol–water partition coefficient (Wildman–Crippen LogP) is 1.39. The smallest absolute Gasteiger partial charge is 0.142 e. The van der Waals surface area contributed by atoms with Crippen molar-refractivity contribution in [2.45, 2.75) is 19.4 Å². The van der Waals surface area contributed by atoms with Crippen LogP contribution in [0.5, 0.6) is 0 Å². The highest BCUT2D eigenvalue weighted by Gasteiger charge is 2.43. The fourth-order valence-electron chi connectivity index (χ4n) is 3.45. The van der Waals surface area contributed by atoms with Gasteiger partial charge in [0.15, 0.2) is 0 Å². The molecular formula is C14H18N4. The maximum Gasteiger partial charge on any atom is 0.142 e. The molecule has 3 atom stereocenters. The molecule has 1 N–H and O–H groups in total. The van der Waals surface area contributed by atoms with Crippen LogP contribution in [0, 0.1) is 23.2 Å². The summed E-state index contributed by atoms with van der Waals surface area (Å²) < 4.78 is 0. The second-order valence-corrected chi connectivity index (χ2v) is 5.20. The molecule has 1 aromatic heterocycles. The van der Waals surface area contributed by atoms with E-state index >= 15 is 0 Å². The standard InChI is InChI=1S/C14H18N4/c1-2-13-12-8-16-7-10(12)9-18(13)14-5-3-4-11(6-15)17-14/h3-5,10,12-13,16H,2,7-9H2,1H3. The van der Waals surface area contributed by atoms with E-state index < -0.39 is 0 Å². The molecule has 3 unspecified atom stereocenters. The Morgan fingerprint density at radius 2 is 2.39 bits per heavy atom. The Kier molecular flexibility index (Phi) is 2.92. The third kappa shape index (κ3) is 1.75. The lowest BCUT2D eigenvalue weighted by molar-refractivity contribution is 0.441. The number of anilines is 1. The maximum atomic E-state index is 8.95. The summed E-state index contributed by atoms with van der Waals surface area (Å²) in [7, 11) is 0. The van der Waals surface area contributed by atoms with Crippen molar-refractivity contribution in [1.29, 1.82) is 5.26 Å². The molecule has 2 saturated heterocycles. The summed E-state index contributed by atoms with van der Waals surface area (Å²) in [5, 5.41) is 12.4. The normalized spacial score (nSPS) is 30.2. The summed E-state index contributed by atoms with van der Waals surface area (Å²) in [5.74, 6) is 2.44. The van der Waals surface area contributed by atoms with Gasteiger partial charge in [-0.1, -0.05) is 13.0 Å². The van der Waals surface area contributed by atoms with Crippen LogP contribution in [0.25, 0.3) is 0 Å². The molecule has 2 aliphatic heterocycles. The summed E-state index contributed by atoms with van der Waals surface area (Å²) in [5.41, 5.74) is 0.512. The average molecular weight is 242 g/mol. The monoisotopic (exact) mass is 242 g/mol. The van der Waals surface area contributed by atoms with Crippen molar-refractivity contribution in [3.05, 3.63) is 23.9 Å². The topological polar surface area (TPSA) is 52.0 Å². The number of aromatic nitrogens is 1. The molecule has 0 aromatic carbocycles. The zero-order chi connectivity index (χ0) is 12.5. The number of hydrogen-bond donors (Lipinski definition) is 1. The molecule has 2 aliphatic rings. The van der Waals surface area contributed by atoms with Crippen LogP contribution in [0.4, 0.5) is 5.82 Å². The van der Waals surface area contributed by atoms with E-state index in [1.165, 1.54) is 0 Å². The number of rotatable bonds is 2. The second kappa shape index (κ2) is 4.58. The molecule has 18 heavy (non-hydrogen) atoms. The van der Waals surface area contributed by atoms with Crippen molar-refractivity contribution in [3.8, 4) is 6.07 Å². The van der Waals surface area contributed by atoms with Gasteiger partial charge in [0.25, 0.3) is 0 Å². The molecule has 1 aromatic rings. The number of pyridine rings is 1. The first kappa shape index (κ1) is 11.5. The molecule has 0 saturated carbocycles. The van der Waals surface area contributed by atoms with Crippen LogP contribution >= 0.6 is 0 Å².